The van der Waals surface area contributed by atoms with Crippen molar-refractivity contribution in [2.75, 3.05) is 19.0 Å². The van der Waals surface area contributed by atoms with Crippen LogP contribution in [0.4, 0.5) is 5.69 Å². The summed E-state index contributed by atoms with van der Waals surface area (Å²) in [4.78, 5) is 24.3. The lowest BCUT2D eigenvalue weighted by Gasteiger charge is -2.09. The SMILES string of the molecule is COc1ccccc1NC(=O)COC(=O)c1oc2ccc(Cl)cc2c1C. The Balaban J connectivity index is 1.67. The molecule has 3 aromatic rings. The summed E-state index contributed by atoms with van der Waals surface area (Å²) in [6.07, 6.45) is 0. The number of methoxy groups -OCH3 is 1. The molecule has 0 aliphatic carbocycles. The van der Waals surface area contributed by atoms with Gasteiger partial charge in [-0.25, -0.2) is 4.79 Å². The minimum Gasteiger partial charge on any atom is -0.495 e. The Hall–Kier alpha value is -2.99. The molecule has 0 spiro atoms. The van der Waals surface area contributed by atoms with Gasteiger partial charge in [-0.2, -0.15) is 0 Å². The Morgan fingerprint density at radius 2 is 1.96 bits per heavy atom. The number of hydrogen-bond acceptors (Lipinski definition) is 5. The predicted molar refractivity (Wildman–Crippen MR) is 97.9 cm³/mol. The quantitative estimate of drug-likeness (QED) is 0.678. The van der Waals surface area contributed by atoms with Crippen LogP contribution in [0, 0.1) is 6.92 Å². The maximum atomic E-state index is 12.2. The fourth-order valence-corrected chi connectivity index (χ4v) is 2.69. The van der Waals surface area contributed by atoms with E-state index in [1.165, 1.54) is 7.11 Å². The van der Waals surface area contributed by atoms with Crippen LogP contribution in [0.25, 0.3) is 11.0 Å². The first-order valence-electron chi connectivity index (χ1n) is 7.78. The molecular formula is C19H16ClNO5. The minimum absolute atomic E-state index is 0.0485. The molecule has 7 heteroatoms. The summed E-state index contributed by atoms with van der Waals surface area (Å²) >= 11 is 5.96. The largest absolute Gasteiger partial charge is 0.495 e. The molecule has 1 amide bonds. The lowest BCUT2D eigenvalue weighted by atomic mass is 10.1. The fraction of sp³-hybridized carbons (Fsp3) is 0.158. The van der Waals surface area contributed by atoms with Crippen LogP contribution in [-0.2, 0) is 9.53 Å². The highest BCUT2D eigenvalue weighted by Gasteiger charge is 2.20. The molecule has 0 aliphatic heterocycles. The van der Waals surface area contributed by atoms with Gasteiger partial charge < -0.3 is 19.2 Å². The molecule has 1 aromatic heterocycles. The number of benzene rings is 2. The van der Waals surface area contributed by atoms with Crippen molar-refractivity contribution in [2.45, 2.75) is 6.92 Å². The van der Waals surface area contributed by atoms with E-state index in [9.17, 15) is 9.59 Å². The second kappa shape index (κ2) is 7.49. The van der Waals surface area contributed by atoms with E-state index in [0.29, 0.717) is 27.6 Å². The molecule has 0 saturated carbocycles. The third-order valence-corrected chi connectivity index (χ3v) is 4.03. The number of rotatable bonds is 5. The van der Waals surface area contributed by atoms with Gasteiger partial charge in [0.15, 0.2) is 6.61 Å². The van der Waals surface area contributed by atoms with Gasteiger partial charge in [0.2, 0.25) is 5.76 Å². The Bertz CT molecular complexity index is 979. The van der Waals surface area contributed by atoms with Gasteiger partial charge in [0, 0.05) is 16.0 Å². The van der Waals surface area contributed by atoms with Crippen LogP contribution in [0.1, 0.15) is 16.1 Å². The molecule has 0 unspecified atom stereocenters. The highest BCUT2D eigenvalue weighted by Crippen LogP contribution is 2.28. The van der Waals surface area contributed by atoms with Crippen molar-refractivity contribution in [3.8, 4) is 5.75 Å². The fourth-order valence-electron chi connectivity index (χ4n) is 2.52. The number of esters is 1. The second-order valence-corrected chi connectivity index (χ2v) is 5.96. The number of fused-ring (bicyclic) bond motifs is 1. The van der Waals surface area contributed by atoms with E-state index in [0.717, 1.165) is 5.39 Å². The van der Waals surface area contributed by atoms with E-state index in [2.05, 4.69) is 5.32 Å². The molecule has 134 valence electrons. The van der Waals surface area contributed by atoms with Gasteiger partial charge in [-0.15, -0.1) is 0 Å². The van der Waals surface area contributed by atoms with E-state index in [4.69, 9.17) is 25.5 Å². The first-order valence-corrected chi connectivity index (χ1v) is 8.16. The maximum absolute atomic E-state index is 12.2. The molecule has 0 aliphatic rings. The molecule has 0 saturated heterocycles. The molecule has 0 bridgehead atoms. The summed E-state index contributed by atoms with van der Waals surface area (Å²) < 4.78 is 15.7. The van der Waals surface area contributed by atoms with Crippen LogP contribution < -0.4 is 10.1 Å². The van der Waals surface area contributed by atoms with Gasteiger partial charge in [-0.3, -0.25) is 4.79 Å². The smallest absolute Gasteiger partial charge is 0.375 e. The van der Waals surface area contributed by atoms with E-state index >= 15 is 0 Å². The Morgan fingerprint density at radius 1 is 1.19 bits per heavy atom. The minimum atomic E-state index is -0.718. The van der Waals surface area contributed by atoms with Crippen molar-refractivity contribution in [3.05, 3.63) is 58.8 Å². The second-order valence-electron chi connectivity index (χ2n) is 5.52. The van der Waals surface area contributed by atoms with Gasteiger partial charge in [0.05, 0.1) is 12.8 Å². The van der Waals surface area contributed by atoms with E-state index in [1.807, 2.05) is 0 Å². The average molecular weight is 374 g/mol. The monoisotopic (exact) mass is 373 g/mol. The summed E-state index contributed by atoms with van der Waals surface area (Å²) in [5.74, 6) is -0.644. The van der Waals surface area contributed by atoms with Crippen molar-refractivity contribution in [2.24, 2.45) is 0 Å². The number of halogens is 1. The van der Waals surface area contributed by atoms with Crippen LogP contribution in [0.2, 0.25) is 5.02 Å². The van der Waals surface area contributed by atoms with Crippen molar-refractivity contribution >= 4 is 40.1 Å². The molecule has 2 aromatic carbocycles. The lowest BCUT2D eigenvalue weighted by molar-refractivity contribution is -0.119. The van der Waals surface area contributed by atoms with Gasteiger partial charge in [-0.1, -0.05) is 23.7 Å². The molecule has 3 rings (SSSR count). The summed E-state index contributed by atoms with van der Waals surface area (Å²) in [6, 6.07) is 12.0. The summed E-state index contributed by atoms with van der Waals surface area (Å²) in [7, 11) is 1.50. The Kier molecular flexibility index (Phi) is 5.14. The van der Waals surface area contributed by atoms with Gasteiger partial charge in [0.1, 0.15) is 11.3 Å². The molecule has 6 nitrogen and oxygen atoms in total. The molecule has 1 N–H and O–H groups in total. The third kappa shape index (κ3) is 3.65. The molecular weight excluding hydrogens is 358 g/mol. The zero-order valence-corrected chi connectivity index (χ0v) is 14.9. The predicted octanol–water partition coefficient (Wildman–Crippen LogP) is 4.20. The number of amides is 1. The summed E-state index contributed by atoms with van der Waals surface area (Å²) in [5.41, 5.74) is 1.63. The first kappa shape index (κ1) is 17.8. The average Bonchev–Trinajstić information content (AvgIpc) is 2.96. The number of carbonyl (C=O) groups is 2. The standard InChI is InChI=1S/C19H16ClNO5/c1-11-13-9-12(20)7-8-15(13)26-18(11)19(23)25-10-17(22)21-14-5-3-4-6-16(14)24-2/h3-9H,10H2,1-2H3,(H,21,22). The number of carbonyl (C=O) groups excluding carboxylic acids is 2. The van der Waals surface area contributed by atoms with Crippen LogP contribution in [0.5, 0.6) is 5.75 Å². The lowest BCUT2D eigenvalue weighted by Crippen LogP contribution is -2.21. The molecule has 0 fully saturated rings. The van der Waals surface area contributed by atoms with Gasteiger partial charge >= 0.3 is 5.97 Å². The van der Waals surface area contributed by atoms with E-state index in [-0.39, 0.29) is 5.76 Å². The summed E-state index contributed by atoms with van der Waals surface area (Å²) in [5, 5.41) is 3.89. The molecule has 0 atom stereocenters. The van der Waals surface area contributed by atoms with Crippen LogP contribution in [-0.4, -0.2) is 25.6 Å². The Labute approximate surface area is 154 Å². The number of aryl methyl sites for hydroxylation is 1. The Morgan fingerprint density at radius 3 is 2.73 bits per heavy atom. The van der Waals surface area contributed by atoms with E-state index in [1.54, 1.807) is 49.4 Å². The zero-order chi connectivity index (χ0) is 18.7. The van der Waals surface area contributed by atoms with Crippen molar-refractivity contribution in [1.82, 2.24) is 0 Å². The van der Waals surface area contributed by atoms with Gasteiger partial charge in [-0.05, 0) is 37.3 Å². The molecule has 1 heterocycles. The maximum Gasteiger partial charge on any atom is 0.375 e. The highest BCUT2D eigenvalue weighted by molar-refractivity contribution is 6.31. The zero-order valence-electron chi connectivity index (χ0n) is 14.2. The number of ether oxygens (including phenoxy) is 2. The third-order valence-electron chi connectivity index (χ3n) is 3.80. The summed E-state index contributed by atoms with van der Waals surface area (Å²) in [6.45, 7) is 1.28. The van der Waals surface area contributed by atoms with Crippen LogP contribution in [0.3, 0.4) is 0 Å². The number of hydrogen-bond donors (Lipinski definition) is 1. The highest BCUT2D eigenvalue weighted by atomic mass is 35.5. The number of para-hydroxylation sites is 2. The number of nitrogens with one attached hydrogen (secondary N) is 1. The van der Waals surface area contributed by atoms with Crippen LogP contribution in [0.15, 0.2) is 46.9 Å². The van der Waals surface area contributed by atoms with Crippen molar-refractivity contribution in [3.63, 3.8) is 0 Å². The molecule has 0 radical (unpaired) electrons. The number of anilines is 1. The first-order chi connectivity index (χ1) is 12.5. The van der Waals surface area contributed by atoms with Crippen LogP contribution >= 0.6 is 11.6 Å². The normalized spacial score (nSPS) is 10.6. The van der Waals surface area contributed by atoms with Gasteiger partial charge in [0.25, 0.3) is 5.91 Å². The van der Waals surface area contributed by atoms with E-state index < -0.39 is 18.5 Å². The molecule has 26 heavy (non-hydrogen) atoms. The van der Waals surface area contributed by atoms with Crippen molar-refractivity contribution < 1.29 is 23.5 Å². The van der Waals surface area contributed by atoms with Crippen molar-refractivity contribution in [1.29, 1.82) is 0 Å². The number of furan rings is 1. The topological polar surface area (TPSA) is 77.8 Å².